The van der Waals surface area contributed by atoms with Gasteiger partial charge in [-0.1, -0.05) is 0 Å². The Labute approximate surface area is 61.3 Å². The minimum absolute atomic E-state index is 0.941. The number of alkyl halides is 3. The molecule has 1 heterocycles. The van der Waals surface area contributed by atoms with Gasteiger partial charge in [0, 0.05) is 0 Å². The average Bonchev–Trinajstić information content (AvgIpc) is 1.95. The van der Waals surface area contributed by atoms with Crippen molar-refractivity contribution in [1.29, 1.82) is 0 Å². The van der Waals surface area contributed by atoms with Crippen molar-refractivity contribution < 1.29 is 25.8 Å². The van der Waals surface area contributed by atoms with E-state index in [1.807, 2.05) is 0 Å². The van der Waals surface area contributed by atoms with Crippen LogP contribution < -0.4 is 0 Å². The largest absolute Gasteiger partial charge is 0.303 e. The van der Waals surface area contributed by atoms with Crippen molar-refractivity contribution >= 4 is 10.1 Å². The molecule has 0 spiro atoms. The van der Waals surface area contributed by atoms with Gasteiger partial charge in [-0.25, -0.2) is 13.2 Å². The highest BCUT2D eigenvalue weighted by molar-refractivity contribution is 7.87. The zero-order valence-corrected chi connectivity index (χ0v) is 6.02. The van der Waals surface area contributed by atoms with E-state index in [2.05, 4.69) is 4.18 Å². The second-order valence-electron chi connectivity index (χ2n) is 2.09. The van der Waals surface area contributed by atoms with Gasteiger partial charge in [0.2, 0.25) is 0 Å². The molecular formula is C4H5F3O3S. The van der Waals surface area contributed by atoms with Gasteiger partial charge in [0.25, 0.3) is 5.50 Å². The van der Waals surface area contributed by atoms with E-state index in [0.717, 1.165) is 0 Å². The van der Waals surface area contributed by atoms with Crippen molar-refractivity contribution in [2.24, 2.45) is 0 Å². The summed E-state index contributed by atoms with van der Waals surface area (Å²) in [6.07, 6.45) is -4.83. The molecule has 0 N–H and O–H groups in total. The highest BCUT2D eigenvalue weighted by Gasteiger charge is 2.45. The summed E-state index contributed by atoms with van der Waals surface area (Å²) in [7, 11) is -4.53. The summed E-state index contributed by atoms with van der Waals surface area (Å²) in [4.78, 5) is 0. The summed E-state index contributed by atoms with van der Waals surface area (Å²) in [5.74, 6) is 0. The fourth-order valence-corrected chi connectivity index (χ4v) is 1.58. The quantitative estimate of drug-likeness (QED) is 0.516. The van der Waals surface area contributed by atoms with Gasteiger partial charge in [0.15, 0.2) is 12.3 Å². The second kappa shape index (κ2) is 2.63. The first-order valence-corrected chi connectivity index (χ1v) is 4.23. The van der Waals surface area contributed by atoms with Crippen molar-refractivity contribution in [2.75, 3.05) is 6.61 Å². The van der Waals surface area contributed by atoms with E-state index >= 15 is 0 Å². The summed E-state index contributed by atoms with van der Waals surface area (Å²) in [6.45, 7) is -0.941. The summed E-state index contributed by atoms with van der Waals surface area (Å²) < 4.78 is 61.1. The van der Waals surface area contributed by atoms with Crippen LogP contribution in [0.5, 0.6) is 0 Å². The molecule has 1 saturated heterocycles. The molecule has 0 aromatic heterocycles. The first-order chi connectivity index (χ1) is 4.95. The lowest BCUT2D eigenvalue weighted by atomic mass is 10.3. The SMILES string of the molecule is O=S1(=O)OCC(F)C(F)C1F. The van der Waals surface area contributed by atoms with Crippen molar-refractivity contribution in [3.05, 3.63) is 0 Å². The predicted molar refractivity (Wildman–Crippen MR) is 29.6 cm³/mol. The van der Waals surface area contributed by atoms with E-state index in [1.165, 1.54) is 0 Å². The Balaban J connectivity index is 2.84. The molecule has 0 saturated carbocycles. The Kier molecular flexibility index (Phi) is 2.10. The van der Waals surface area contributed by atoms with E-state index in [9.17, 15) is 21.6 Å². The first kappa shape index (κ1) is 8.79. The van der Waals surface area contributed by atoms with Crippen LogP contribution in [-0.4, -0.2) is 32.9 Å². The van der Waals surface area contributed by atoms with Gasteiger partial charge in [-0.05, 0) is 0 Å². The predicted octanol–water partition coefficient (Wildman–Crippen LogP) is 0.318. The van der Waals surface area contributed by atoms with Gasteiger partial charge in [-0.2, -0.15) is 8.42 Å². The third-order valence-corrected chi connectivity index (χ3v) is 2.54. The van der Waals surface area contributed by atoms with Crippen molar-refractivity contribution in [1.82, 2.24) is 0 Å². The molecule has 7 heteroatoms. The molecular weight excluding hydrogens is 185 g/mol. The normalized spacial score (nSPS) is 43.7. The Morgan fingerprint density at radius 1 is 1.27 bits per heavy atom. The van der Waals surface area contributed by atoms with Gasteiger partial charge in [-0.3, -0.25) is 4.18 Å². The Hall–Kier alpha value is -0.300. The molecule has 3 nitrogen and oxygen atoms in total. The summed E-state index contributed by atoms with van der Waals surface area (Å²) in [5.41, 5.74) is -2.90. The molecule has 1 rings (SSSR count). The minimum atomic E-state index is -4.53. The third kappa shape index (κ3) is 1.48. The number of rotatable bonds is 0. The van der Waals surface area contributed by atoms with Crippen LogP contribution in [0.2, 0.25) is 0 Å². The molecule has 3 unspecified atom stereocenters. The topological polar surface area (TPSA) is 43.4 Å². The lowest BCUT2D eigenvalue weighted by Crippen LogP contribution is -2.43. The van der Waals surface area contributed by atoms with Gasteiger partial charge < -0.3 is 0 Å². The minimum Gasteiger partial charge on any atom is -0.265 e. The van der Waals surface area contributed by atoms with Gasteiger partial charge in [0.05, 0.1) is 0 Å². The Morgan fingerprint density at radius 2 is 1.82 bits per heavy atom. The van der Waals surface area contributed by atoms with E-state index in [4.69, 9.17) is 0 Å². The maximum atomic E-state index is 12.3. The number of halogens is 3. The summed E-state index contributed by atoms with van der Waals surface area (Å²) >= 11 is 0. The van der Waals surface area contributed by atoms with E-state index in [0.29, 0.717) is 0 Å². The molecule has 1 aliphatic rings. The van der Waals surface area contributed by atoms with Gasteiger partial charge in [0.1, 0.15) is 6.61 Å². The number of hydrogen-bond donors (Lipinski definition) is 0. The molecule has 0 amide bonds. The molecule has 3 atom stereocenters. The lowest BCUT2D eigenvalue weighted by Gasteiger charge is -2.22. The molecule has 0 radical (unpaired) electrons. The molecule has 66 valence electrons. The smallest absolute Gasteiger partial charge is 0.265 e. The van der Waals surface area contributed by atoms with Crippen molar-refractivity contribution in [3.63, 3.8) is 0 Å². The average molecular weight is 190 g/mol. The fourth-order valence-electron chi connectivity index (χ4n) is 0.640. The monoisotopic (exact) mass is 190 g/mol. The van der Waals surface area contributed by atoms with Crippen LogP contribution in [-0.2, 0) is 14.3 Å². The number of hydrogen-bond acceptors (Lipinski definition) is 3. The highest BCUT2D eigenvalue weighted by Crippen LogP contribution is 2.24. The van der Waals surface area contributed by atoms with Crippen LogP contribution in [0, 0.1) is 0 Å². The van der Waals surface area contributed by atoms with Crippen LogP contribution in [0.1, 0.15) is 0 Å². The van der Waals surface area contributed by atoms with Crippen LogP contribution in [0.4, 0.5) is 13.2 Å². The molecule has 0 aromatic carbocycles. The van der Waals surface area contributed by atoms with Crippen LogP contribution in [0.25, 0.3) is 0 Å². The molecule has 1 fully saturated rings. The third-order valence-electron chi connectivity index (χ3n) is 1.26. The van der Waals surface area contributed by atoms with E-state index in [-0.39, 0.29) is 0 Å². The van der Waals surface area contributed by atoms with Crippen molar-refractivity contribution in [3.8, 4) is 0 Å². The first-order valence-electron chi connectivity index (χ1n) is 2.75. The maximum Gasteiger partial charge on any atom is 0.303 e. The molecule has 1 aliphatic heterocycles. The van der Waals surface area contributed by atoms with Crippen LogP contribution >= 0.6 is 0 Å². The molecule has 0 aliphatic carbocycles. The standard InChI is InChI=1S/C4H5F3O3S/c5-2-1-10-11(8,9)4(7)3(2)6/h2-4H,1H2. The van der Waals surface area contributed by atoms with Gasteiger partial charge >= 0.3 is 10.1 Å². The molecule has 0 aromatic rings. The summed E-state index contributed by atoms with van der Waals surface area (Å²) in [5, 5.41) is 0. The zero-order chi connectivity index (χ0) is 8.65. The van der Waals surface area contributed by atoms with E-state index in [1.54, 1.807) is 0 Å². The Morgan fingerprint density at radius 3 is 2.27 bits per heavy atom. The second-order valence-corrected chi connectivity index (χ2v) is 3.76. The molecule has 0 bridgehead atoms. The summed E-state index contributed by atoms with van der Waals surface area (Å²) in [6, 6.07) is 0. The fraction of sp³-hybridized carbons (Fsp3) is 1.00. The zero-order valence-electron chi connectivity index (χ0n) is 5.21. The van der Waals surface area contributed by atoms with Crippen LogP contribution in [0.3, 0.4) is 0 Å². The van der Waals surface area contributed by atoms with Gasteiger partial charge in [-0.15, -0.1) is 0 Å². The lowest BCUT2D eigenvalue weighted by molar-refractivity contribution is 0.0491. The highest BCUT2D eigenvalue weighted by atomic mass is 32.2. The van der Waals surface area contributed by atoms with E-state index < -0.39 is 34.6 Å². The molecule has 11 heavy (non-hydrogen) atoms. The Bertz CT molecular complexity index is 239. The van der Waals surface area contributed by atoms with Crippen LogP contribution in [0.15, 0.2) is 0 Å². The maximum absolute atomic E-state index is 12.3. The van der Waals surface area contributed by atoms with Crippen molar-refractivity contribution in [2.45, 2.75) is 17.8 Å².